The zero-order valence-corrected chi connectivity index (χ0v) is 34.2. The van der Waals surface area contributed by atoms with Crippen molar-refractivity contribution in [2.45, 2.75) is 44.2 Å². The molecule has 0 spiro atoms. The topological polar surface area (TPSA) is 111 Å². The summed E-state index contributed by atoms with van der Waals surface area (Å²) in [6.07, 6.45) is 3.56. The van der Waals surface area contributed by atoms with E-state index < -0.39 is 12.1 Å². The second-order valence-electron chi connectivity index (χ2n) is 14.6. The number of H-pyrrole nitrogens is 2. The summed E-state index contributed by atoms with van der Waals surface area (Å²) >= 11 is 0. The third-order valence-electron chi connectivity index (χ3n) is 10.6. The molecule has 0 bridgehead atoms. The molecule has 0 saturated carbocycles. The molecule has 0 aliphatic carbocycles. The van der Waals surface area contributed by atoms with E-state index in [0.29, 0.717) is 25.9 Å². The van der Waals surface area contributed by atoms with Gasteiger partial charge >= 0.3 is 0 Å². The lowest BCUT2D eigenvalue weighted by Crippen LogP contribution is -3.00. The SMILES string of the molecule is O=C(NCCCCCNC(=O)[C@H](Cc1ccccc1)Nc1c2ccccc2[nH+]c2ccccc12)[C@H](Cc1ccccc1)Nc1c2ccccc2[nH+]c2ccccc12.[Cl-].[Cl-]. The standard InChI is InChI=1S/C49H46N6O2.2ClH/c56-48(44(32-34-18-4-1-5-19-34)54-46-36-22-8-12-26-40(36)52-41-27-13-9-23-37(41)46)50-30-16-3-17-31-51-49(57)45(33-35-20-6-2-7-21-35)55-47-38-24-10-14-28-42(38)53-43-29-15-11-25-39(43)47;;/h1-2,4-15,18-29,44-45H,3,16-17,30-33H2,(H,50,56)(H,51,57)(H,52,54)(H,53,55);2*1H/t44-,45-;;/m0../s1. The number of benzene rings is 6. The molecule has 8 rings (SSSR count). The van der Waals surface area contributed by atoms with Crippen molar-refractivity contribution in [2.75, 3.05) is 23.7 Å². The highest BCUT2D eigenvalue weighted by molar-refractivity contribution is 6.07. The molecule has 6 N–H and O–H groups in total. The first-order valence-electron chi connectivity index (χ1n) is 19.9. The minimum Gasteiger partial charge on any atom is -1.00 e. The highest BCUT2D eigenvalue weighted by atomic mass is 35.5. The fourth-order valence-electron chi connectivity index (χ4n) is 7.69. The van der Waals surface area contributed by atoms with E-state index in [-0.39, 0.29) is 36.6 Å². The lowest BCUT2D eigenvalue weighted by atomic mass is 10.0. The molecule has 8 aromatic rings. The number of amides is 2. The number of nitrogens with one attached hydrogen (secondary N) is 6. The van der Waals surface area contributed by atoms with Crippen LogP contribution in [-0.4, -0.2) is 37.0 Å². The highest BCUT2D eigenvalue weighted by Gasteiger charge is 2.24. The van der Waals surface area contributed by atoms with E-state index in [1.54, 1.807) is 0 Å². The van der Waals surface area contributed by atoms with Gasteiger partial charge in [-0.05, 0) is 54.7 Å². The molecule has 8 nitrogen and oxygen atoms in total. The Morgan fingerprint density at radius 1 is 0.407 bits per heavy atom. The van der Waals surface area contributed by atoms with E-state index in [9.17, 15) is 9.59 Å². The van der Waals surface area contributed by atoms with Gasteiger partial charge < -0.3 is 46.1 Å². The van der Waals surface area contributed by atoms with Gasteiger partial charge in [-0.1, -0.05) is 109 Å². The van der Waals surface area contributed by atoms with E-state index in [1.165, 1.54) is 0 Å². The van der Waals surface area contributed by atoms with Gasteiger partial charge in [0, 0.05) is 50.2 Å². The summed E-state index contributed by atoms with van der Waals surface area (Å²) in [6, 6.07) is 52.1. The Kier molecular flexibility index (Phi) is 14.7. The summed E-state index contributed by atoms with van der Waals surface area (Å²) in [4.78, 5) is 34.9. The Balaban J connectivity index is 0.00000293. The monoisotopic (exact) mass is 822 g/mol. The maximum Gasteiger partial charge on any atom is 0.242 e. The number of aromatic nitrogens is 2. The number of fused-ring (bicyclic) bond motifs is 4. The van der Waals surface area contributed by atoms with Crippen LogP contribution in [-0.2, 0) is 22.4 Å². The fraction of sp³-hybridized carbons (Fsp3) is 0.184. The predicted molar refractivity (Wildman–Crippen MR) is 231 cm³/mol. The minimum absolute atomic E-state index is 0. The number of unbranched alkanes of at least 4 members (excludes halogenated alkanes) is 2. The largest absolute Gasteiger partial charge is 1.00 e. The van der Waals surface area contributed by atoms with Crippen LogP contribution in [0.15, 0.2) is 158 Å². The molecule has 59 heavy (non-hydrogen) atoms. The Hall–Kier alpha value is -6.22. The van der Waals surface area contributed by atoms with E-state index in [0.717, 1.165) is 85.4 Å². The Labute approximate surface area is 357 Å². The van der Waals surface area contributed by atoms with Gasteiger partial charge in [0.1, 0.15) is 12.1 Å². The molecule has 0 saturated heterocycles. The maximum absolute atomic E-state index is 13.9. The number of carbonyl (C=O) groups excluding carboxylic acids is 2. The first-order chi connectivity index (χ1) is 28.1. The summed E-state index contributed by atoms with van der Waals surface area (Å²) in [6.45, 7) is 1.10. The number of rotatable bonds is 16. The molecule has 0 radical (unpaired) electrons. The van der Waals surface area contributed by atoms with Crippen molar-refractivity contribution in [1.82, 2.24) is 10.6 Å². The highest BCUT2D eigenvalue weighted by Crippen LogP contribution is 2.31. The van der Waals surface area contributed by atoms with Crippen molar-refractivity contribution in [1.29, 1.82) is 0 Å². The van der Waals surface area contributed by atoms with Crippen LogP contribution in [0.4, 0.5) is 11.4 Å². The number of aromatic amines is 2. The Bertz CT molecular complexity index is 2350. The minimum atomic E-state index is -0.480. The summed E-state index contributed by atoms with van der Waals surface area (Å²) in [5.74, 6) is -0.0805. The van der Waals surface area contributed by atoms with E-state index in [2.05, 4.69) is 104 Å². The van der Waals surface area contributed by atoms with Crippen molar-refractivity contribution in [2.24, 2.45) is 0 Å². The summed E-state index contributed by atoms with van der Waals surface area (Å²) in [7, 11) is 0. The van der Waals surface area contributed by atoms with Crippen LogP contribution in [0.1, 0.15) is 30.4 Å². The number of hydrogen-bond acceptors (Lipinski definition) is 4. The number of anilines is 2. The van der Waals surface area contributed by atoms with Crippen molar-refractivity contribution in [3.63, 3.8) is 0 Å². The zero-order chi connectivity index (χ0) is 38.8. The van der Waals surface area contributed by atoms with Crippen molar-refractivity contribution in [3.05, 3.63) is 169 Å². The van der Waals surface area contributed by atoms with Crippen LogP contribution < -0.4 is 56.0 Å². The second kappa shape index (κ2) is 20.5. The summed E-state index contributed by atoms with van der Waals surface area (Å²) in [5.41, 5.74) is 8.09. The first kappa shape index (κ1) is 42.4. The molecule has 0 aliphatic rings. The first-order valence-corrected chi connectivity index (χ1v) is 19.9. The van der Waals surface area contributed by atoms with Gasteiger partial charge in [-0.25, -0.2) is 9.97 Å². The van der Waals surface area contributed by atoms with Gasteiger partial charge in [-0.15, -0.1) is 0 Å². The fourth-order valence-corrected chi connectivity index (χ4v) is 7.69. The van der Waals surface area contributed by atoms with E-state index in [4.69, 9.17) is 0 Å². The molecule has 0 fully saturated rings. The van der Waals surface area contributed by atoms with Crippen LogP contribution in [0.25, 0.3) is 43.6 Å². The lowest BCUT2D eigenvalue weighted by Gasteiger charge is -2.21. The van der Waals surface area contributed by atoms with Gasteiger partial charge in [0.25, 0.3) is 0 Å². The molecule has 300 valence electrons. The smallest absolute Gasteiger partial charge is 0.242 e. The van der Waals surface area contributed by atoms with Gasteiger partial charge in [-0.3, -0.25) is 9.59 Å². The predicted octanol–water partition coefficient (Wildman–Crippen LogP) is 2.08. The van der Waals surface area contributed by atoms with Gasteiger partial charge in [-0.2, -0.15) is 0 Å². The molecular formula is C49H48Cl2N6O2. The van der Waals surface area contributed by atoms with Crippen LogP contribution in [0, 0.1) is 0 Å². The third kappa shape index (κ3) is 10.3. The second-order valence-corrected chi connectivity index (χ2v) is 14.6. The molecule has 2 atom stereocenters. The number of pyridine rings is 2. The zero-order valence-electron chi connectivity index (χ0n) is 32.7. The maximum atomic E-state index is 13.9. The van der Waals surface area contributed by atoms with Crippen molar-refractivity contribution >= 4 is 66.8 Å². The number of para-hydroxylation sites is 4. The van der Waals surface area contributed by atoms with Crippen LogP contribution in [0.3, 0.4) is 0 Å². The van der Waals surface area contributed by atoms with Crippen LogP contribution in [0.5, 0.6) is 0 Å². The molecule has 2 aromatic heterocycles. The molecule has 2 amide bonds. The molecule has 0 aliphatic heterocycles. The number of carbonyl (C=O) groups is 2. The quantitative estimate of drug-likeness (QED) is 0.0885. The normalized spacial score (nSPS) is 11.9. The summed E-state index contributed by atoms with van der Waals surface area (Å²) in [5, 5.41) is 17.9. The molecule has 0 unspecified atom stereocenters. The molecule has 6 aromatic carbocycles. The third-order valence-corrected chi connectivity index (χ3v) is 10.6. The number of halogens is 2. The molecule has 2 heterocycles. The van der Waals surface area contributed by atoms with Gasteiger partial charge in [0.2, 0.25) is 33.9 Å². The Morgan fingerprint density at radius 2 is 0.712 bits per heavy atom. The van der Waals surface area contributed by atoms with Gasteiger partial charge in [0.05, 0.1) is 32.9 Å². The average molecular weight is 824 g/mol. The lowest BCUT2D eigenvalue weighted by molar-refractivity contribution is -0.310. The van der Waals surface area contributed by atoms with Crippen LogP contribution >= 0.6 is 0 Å². The number of hydrogen-bond donors (Lipinski definition) is 4. The van der Waals surface area contributed by atoms with E-state index >= 15 is 0 Å². The van der Waals surface area contributed by atoms with E-state index in [1.807, 2.05) is 84.9 Å². The summed E-state index contributed by atoms with van der Waals surface area (Å²) < 4.78 is 0. The van der Waals surface area contributed by atoms with Crippen molar-refractivity contribution < 1.29 is 44.4 Å². The van der Waals surface area contributed by atoms with Crippen LogP contribution in [0.2, 0.25) is 0 Å². The molecule has 10 heteroatoms. The van der Waals surface area contributed by atoms with Gasteiger partial charge in [0.15, 0.2) is 0 Å². The molecular weight excluding hydrogens is 775 g/mol. The Morgan fingerprint density at radius 3 is 1.05 bits per heavy atom. The average Bonchev–Trinajstić information content (AvgIpc) is 3.25. The van der Waals surface area contributed by atoms with Crippen molar-refractivity contribution in [3.8, 4) is 0 Å².